The molecule has 1 amide bonds. The van der Waals surface area contributed by atoms with E-state index in [9.17, 15) is 22.8 Å². The Balaban J connectivity index is 2.22. The van der Waals surface area contributed by atoms with Crippen molar-refractivity contribution in [2.45, 2.75) is 25.4 Å². The van der Waals surface area contributed by atoms with Crippen molar-refractivity contribution in [2.24, 2.45) is 0 Å². The second kappa shape index (κ2) is 5.03. The molecule has 1 aromatic carbocycles. The van der Waals surface area contributed by atoms with Crippen LogP contribution in [0.25, 0.3) is 0 Å². The minimum atomic E-state index is -4.39. The number of carbonyl (C=O) groups excluding carboxylic acids is 2. The molecule has 6 heteroatoms. The normalized spacial score (nSPS) is 17.5. The Hall–Kier alpha value is -1.85. The fourth-order valence-corrected chi connectivity index (χ4v) is 2.01. The van der Waals surface area contributed by atoms with Crippen molar-refractivity contribution in [1.29, 1.82) is 0 Å². The number of Topliss-reactive ketones (excluding diaryl/α,β-unsaturated/α-hetero) is 1. The number of alkyl halides is 3. The number of hydrogen-bond acceptors (Lipinski definition) is 2. The molecule has 1 fully saturated rings. The van der Waals surface area contributed by atoms with Gasteiger partial charge in [0.15, 0.2) is 0 Å². The maximum atomic E-state index is 12.4. The van der Waals surface area contributed by atoms with Crippen LogP contribution >= 0.6 is 0 Å². The molecule has 0 radical (unpaired) electrons. The van der Waals surface area contributed by atoms with Gasteiger partial charge in [0.05, 0.1) is 12.0 Å². The fraction of sp³-hybridized carbons (Fsp3) is 0.385. The first kappa shape index (κ1) is 13.6. The smallest absolute Gasteiger partial charge is 0.312 e. The number of ketones is 1. The highest BCUT2D eigenvalue weighted by atomic mass is 19.4. The molecule has 19 heavy (non-hydrogen) atoms. The van der Waals surface area contributed by atoms with Gasteiger partial charge in [-0.25, -0.2) is 0 Å². The molecule has 1 heterocycles. The summed E-state index contributed by atoms with van der Waals surface area (Å²) in [6, 6.07) is 4.40. The minimum Gasteiger partial charge on any atom is -0.312 e. The molecule has 0 bridgehead atoms. The van der Waals surface area contributed by atoms with Crippen molar-refractivity contribution in [2.75, 3.05) is 11.4 Å². The van der Waals surface area contributed by atoms with Crippen LogP contribution in [0.3, 0.4) is 0 Å². The first-order valence-corrected chi connectivity index (χ1v) is 5.87. The molecule has 3 nitrogen and oxygen atoms in total. The summed E-state index contributed by atoms with van der Waals surface area (Å²) >= 11 is 0. The highest BCUT2D eigenvalue weighted by Crippen LogP contribution is 2.31. The number of anilines is 1. The maximum Gasteiger partial charge on any atom is 0.416 e. The zero-order valence-corrected chi connectivity index (χ0v) is 10.0. The van der Waals surface area contributed by atoms with Gasteiger partial charge in [-0.3, -0.25) is 9.59 Å². The topological polar surface area (TPSA) is 37.4 Å². The molecule has 0 unspecified atom stereocenters. The third-order valence-electron chi connectivity index (χ3n) is 2.99. The molecule has 102 valence electrons. The van der Waals surface area contributed by atoms with Crippen molar-refractivity contribution in [3.63, 3.8) is 0 Å². The Morgan fingerprint density at radius 1 is 1.05 bits per heavy atom. The van der Waals surface area contributed by atoms with Gasteiger partial charge >= 0.3 is 6.18 Å². The number of carbonyl (C=O) groups is 2. The Morgan fingerprint density at radius 2 is 1.68 bits per heavy atom. The summed E-state index contributed by atoms with van der Waals surface area (Å²) in [5.41, 5.74) is -0.359. The number of halogens is 3. The molecule has 0 atom stereocenters. The van der Waals surface area contributed by atoms with Crippen LogP contribution in [0.5, 0.6) is 0 Å². The van der Waals surface area contributed by atoms with Gasteiger partial charge in [0, 0.05) is 18.7 Å². The molecule has 1 saturated heterocycles. The number of rotatable bonds is 1. The van der Waals surface area contributed by atoms with Gasteiger partial charge in [-0.2, -0.15) is 13.2 Å². The highest BCUT2D eigenvalue weighted by Gasteiger charge is 2.30. The number of amides is 1. The zero-order chi connectivity index (χ0) is 14.0. The SMILES string of the molecule is O=C1CCCN(c2ccc(C(F)(F)F)cc2)C(=O)C1. The summed E-state index contributed by atoms with van der Waals surface area (Å²) in [6.07, 6.45) is -3.70. The van der Waals surface area contributed by atoms with E-state index < -0.39 is 11.7 Å². The highest BCUT2D eigenvalue weighted by molar-refractivity contribution is 6.06. The summed E-state index contributed by atoms with van der Waals surface area (Å²) in [7, 11) is 0. The molecular weight excluding hydrogens is 259 g/mol. The van der Waals surface area contributed by atoms with Gasteiger partial charge in [-0.1, -0.05) is 0 Å². The summed E-state index contributed by atoms with van der Waals surface area (Å²) in [6.45, 7) is 0.357. The average Bonchev–Trinajstić information content (AvgIpc) is 2.49. The standard InChI is InChI=1S/C13H12F3NO2/c14-13(15,16)9-3-5-10(6-4-9)17-7-1-2-11(18)8-12(17)19/h3-6H,1-2,7-8H2. The van der Waals surface area contributed by atoms with E-state index in [-0.39, 0.29) is 18.1 Å². The number of benzene rings is 1. The second-order valence-corrected chi connectivity index (χ2v) is 4.41. The first-order valence-electron chi connectivity index (χ1n) is 5.87. The molecule has 0 saturated carbocycles. The predicted molar refractivity (Wildman–Crippen MR) is 62.7 cm³/mol. The summed E-state index contributed by atoms with van der Waals surface area (Å²) in [5.74, 6) is -0.485. The van der Waals surface area contributed by atoms with Gasteiger partial charge in [0.1, 0.15) is 5.78 Å². The third-order valence-corrected chi connectivity index (χ3v) is 2.99. The Labute approximate surface area is 108 Å². The Bertz CT molecular complexity index is 494. The monoisotopic (exact) mass is 271 g/mol. The lowest BCUT2D eigenvalue weighted by Crippen LogP contribution is -2.30. The van der Waals surface area contributed by atoms with E-state index in [1.807, 2.05) is 0 Å². The van der Waals surface area contributed by atoms with Crippen molar-refractivity contribution in [1.82, 2.24) is 0 Å². The van der Waals surface area contributed by atoms with Gasteiger partial charge in [-0.05, 0) is 30.7 Å². The molecule has 0 N–H and O–H groups in total. The van der Waals surface area contributed by atoms with Gasteiger partial charge in [0.25, 0.3) is 0 Å². The van der Waals surface area contributed by atoms with E-state index in [1.165, 1.54) is 17.0 Å². The van der Waals surface area contributed by atoms with Crippen LogP contribution < -0.4 is 4.90 Å². The molecule has 0 spiro atoms. The fourth-order valence-electron chi connectivity index (χ4n) is 2.01. The van der Waals surface area contributed by atoms with E-state index in [4.69, 9.17) is 0 Å². The van der Waals surface area contributed by atoms with E-state index >= 15 is 0 Å². The van der Waals surface area contributed by atoms with Crippen LogP contribution in [0.2, 0.25) is 0 Å². The number of hydrogen-bond donors (Lipinski definition) is 0. The Morgan fingerprint density at radius 3 is 2.26 bits per heavy atom. The number of nitrogens with zero attached hydrogens (tertiary/aromatic N) is 1. The minimum absolute atomic E-state index is 0.126. The quantitative estimate of drug-likeness (QED) is 0.736. The lowest BCUT2D eigenvalue weighted by molar-refractivity contribution is -0.137. The lowest BCUT2D eigenvalue weighted by Gasteiger charge is -2.20. The second-order valence-electron chi connectivity index (χ2n) is 4.41. The lowest BCUT2D eigenvalue weighted by atomic mass is 10.2. The summed E-state index contributed by atoms with van der Waals surface area (Å²) < 4.78 is 37.3. The third kappa shape index (κ3) is 3.13. The summed E-state index contributed by atoms with van der Waals surface area (Å²) in [5, 5.41) is 0. The Kier molecular flexibility index (Phi) is 3.59. The van der Waals surface area contributed by atoms with Crippen LogP contribution in [-0.2, 0) is 15.8 Å². The molecule has 1 aliphatic heterocycles. The van der Waals surface area contributed by atoms with E-state index in [0.29, 0.717) is 25.1 Å². The van der Waals surface area contributed by atoms with E-state index in [0.717, 1.165) is 12.1 Å². The average molecular weight is 271 g/mol. The predicted octanol–water partition coefficient (Wildman–Crippen LogP) is 2.79. The maximum absolute atomic E-state index is 12.4. The van der Waals surface area contributed by atoms with Crippen molar-refractivity contribution in [3.05, 3.63) is 29.8 Å². The summed E-state index contributed by atoms with van der Waals surface area (Å²) in [4.78, 5) is 24.4. The van der Waals surface area contributed by atoms with Gasteiger partial charge in [-0.15, -0.1) is 0 Å². The molecule has 0 aromatic heterocycles. The molecular formula is C13H12F3NO2. The van der Waals surface area contributed by atoms with Gasteiger partial charge < -0.3 is 4.90 Å². The van der Waals surface area contributed by atoms with Crippen molar-refractivity contribution in [3.8, 4) is 0 Å². The molecule has 0 aliphatic carbocycles. The van der Waals surface area contributed by atoms with Crippen LogP contribution in [0, 0.1) is 0 Å². The van der Waals surface area contributed by atoms with Crippen LogP contribution in [0.15, 0.2) is 24.3 Å². The van der Waals surface area contributed by atoms with Crippen molar-refractivity contribution < 1.29 is 22.8 Å². The van der Waals surface area contributed by atoms with E-state index in [2.05, 4.69) is 0 Å². The zero-order valence-electron chi connectivity index (χ0n) is 10.0. The van der Waals surface area contributed by atoms with Crippen LogP contribution in [0.4, 0.5) is 18.9 Å². The largest absolute Gasteiger partial charge is 0.416 e. The molecule has 1 aliphatic rings. The first-order chi connectivity index (χ1) is 8.88. The van der Waals surface area contributed by atoms with Crippen LogP contribution in [0.1, 0.15) is 24.8 Å². The van der Waals surface area contributed by atoms with E-state index in [1.54, 1.807) is 0 Å². The molecule has 2 rings (SSSR count). The van der Waals surface area contributed by atoms with Crippen molar-refractivity contribution >= 4 is 17.4 Å². The van der Waals surface area contributed by atoms with Gasteiger partial charge in [0.2, 0.25) is 5.91 Å². The van der Waals surface area contributed by atoms with Crippen LogP contribution in [-0.4, -0.2) is 18.2 Å². The molecule has 1 aromatic rings.